The number of hydrogen-bond donors (Lipinski definition) is 2. The van der Waals surface area contributed by atoms with Crippen LogP contribution in [-0.4, -0.2) is 25.9 Å². The highest BCUT2D eigenvalue weighted by Gasteiger charge is 2.12. The van der Waals surface area contributed by atoms with Gasteiger partial charge in [-0.05, 0) is 35.7 Å². The van der Waals surface area contributed by atoms with Gasteiger partial charge in [0, 0.05) is 13.1 Å². The van der Waals surface area contributed by atoms with Crippen molar-refractivity contribution in [3.8, 4) is 11.5 Å². The average Bonchev–Trinajstić information content (AvgIpc) is 2.54. The fourth-order valence-electron chi connectivity index (χ4n) is 2.50. The fourth-order valence-corrected chi connectivity index (χ4v) is 2.81. The molecule has 2 rings (SSSR count). The molecular formula is C18H22ClNO3. The van der Waals surface area contributed by atoms with E-state index < -0.39 is 6.10 Å². The molecule has 5 heteroatoms. The third-order valence-corrected chi connectivity index (χ3v) is 3.99. The Kier molecular flexibility index (Phi) is 6.28. The predicted octanol–water partition coefficient (Wildman–Crippen LogP) is 3.49. The van der Waals surface area contributed by atoms with Gasteiger partial charge in [-0.3, -0.25) is 0 Å². The van der Waals surface area contributed by atoms with Crippen LogP contribution in [0.15, 0.2) is 36.4 Å². The second-order valence-corrected chi connectivity index (χ2v) is 5.72. The Labute approximate surface area is 142 Å². The molecule has 0 bridgehead atoms. The molecule has 0 radical (unpaired) electrons. The maximum atomic E-state index is 10.3. The topological polar surface area (TPSA) is 50.7 Å². The zero-order valence-electron chi connectivity index (χ0n) is 13.6. The molecule has 0 aliphatic carbocycles. The summed E-state index contributed by atoms with van der Waals surface area (Å²) in [5.74, 6) is 1.12. The van der Waals surface area contributed by atoms with Crippen LogP contribution in [0.25, 0.3) is 0 Å². The van der Waals surface area contributed by atoms with E-state index in [-0.39, 0.29) is 0 Å². The molecule has 2 N–H and O–H groups in total. The van der Waals surface area contributed by atoms with Gasteiger partial charge in [-0.15, -0.1) is 0 Å². The number of halogens is 1. The summed E-state index contributed by atoms with van der Waals surface area (Å²) < 4.78 is 10.5. The average molecular weight is 336 g/mol. The van der Waals surface area contributed by atoms with Crippen molar-refractivity contribution in [2.45, 2.75) is 19.6 Å². The molecule has 0 fully saturated rings. The Morgan fingerprint density at radius 2 is 1.91 bits per heavy atom. The molecule has 1 atom stereocenters. The largest absolute Gasteiger partial charge is 0.493 e. The zero-order chi connectivity index (χ0) is 16.8. The second-order valence-electron chi connectivity index (χ2n) is 5.32. The number of ether oxygens (including phenoxy) is 2. The summed E-state index contributed by atoms with van der Waals surface area (Å²) >= 11 is 6.19. The Bertz CT molecular complexity index is 661. The van der Waals surface area contributed by atoms with Gasteiger partial charge in [0.15, 0.2) is 11.5 Å². The van der Waals surface area contributed by atoms with Crippen LogP contribution in [0, 0.1) is 6.92 Å². The SMILES string of the molecule is COc1cc(CNCC(O)c2ccccc2C)cc(Cl)c1OC. The number of benzene rings is 2. The number of nitrogens with one attached hydrogen (secondary N) is 1. The predicted molar refractivity (Wildman–Crippen MR) is 92.4 cm³/mol. The molecule has 0 saturated heterocycles. The number of aliphatic hydroxyl groups is 1. The van der Waals surface area contributed by atoms with Gasteiger partial charge >= 0.3 is 0 Å². The first-order valence-corrected chi connectivity index (χ1v) is 7.79. The Morgan fingerprint density at radius 1 is 1.17 bits per heavy atom. The van der Waals surface area contributed by atoms with Crippen LogP contribution in [0.1, 0.15) is 22.8 Å². The van der Waals surface area contributed by atoms with E-state index in [1.54, 1.807) is 14.2 Å². The van der Waals surface area contributed by atoms with E-state index in [0.717, 1.165) is 16.7 Å². The quantitative estimate of drug-likeness (QED) is 0.813. The van der Waals surface area contributed by atoms with Gasteiger partial charge < -0.3 is 19.9 Å². The van der Waals surface area contributed by atoms with Gasteiger partial charge in [-0.1, -0.05) is 35.9 Å². The Balaban J connectivity index is 1.99. The van der Waals surface area contributed by atoms with Crippen LogP contribution < -0.4 is 14.8 Å². The lowest BCUT2D eigenvalue weighted by atomic mass is 10.0. The lowest BCUT2D eigenvalue weighted by molar-refractivity contribution is 0.173. The molecule has 124 valence electrons. The molecule has 23 heavy (non-hydrogen) atoms. The second kappa shape index (κ2) is 8.20. The molecule has 0 spiro atoms. The van der Waals surface area contributed by atoms with E-state index in [9.17, 15) is 5.11 Å². The molecule has 0 aromatic heterocycles. The van der Waals surface area contributed by atoms with Crippen molar-refractivity contribution in [2.24, 2.45) is 0 Å². The van der Waals surface area contributed by atoms with E-state index in [4.69, 9.17) is 21.1 Å². The number of methoxy groups -OCH3 is 2. The third kappa shape index (κ3) is 4.38. The number of rotatable bonds is 7. The van der Waals surface area contributed by atoms with Crippen LogP contribution in [0.4, 0.5) is 0 Å². The molecule has 1 unspecified atom stereocenters. The van der Waals surface area contributed by atoms with Crippen LogP contribution in [-0.2, 0) is 6.54 Å². The zero-order valence-corrected chi connectivity index (χ0v) is 14.4. The molecule has 0 amide bonds. The summed E-state index contributed by atoms with van der Waals surface area (Å²) in [5.41, 5.74) is 2.98. The van der Waals surface area contributed by atoms with Crippen molar-refractivity contribution in [1.82, 2.24) is 5.32 Å². The van der Waals surface area contributed by atoms with Gasteiger partial charge in [0.1, 0.15) is 0 Å². The van der Waals surface area contributed by atoms with Crippen LogP contribution >= 0.6 is 11.6 Å². The summed E-state index contributed by atoms with van der Waals surface area (Å²) in [5, 5.41) is 14.0. The summed E-state index contributed by atoms with van der Waals surface area (Å²) in [4.78, 5) is 0. The summed E-state index contributed by atoms with van der Waals surface area (Å²) in [6, 6.07) is 11.5. The molecule has 0 aliphatic rings. The smallest absolute Gasteiger partial charge is 0.179 e. The van der Waals surface area contributed by atoms with E-state index in [0.29, 0.717) is 29.6 Å². The molecule has 2 aromatic rings. The first kappa shape index (κ1) is 17.6. The van der Waals surface area contributed by atoms with Gasteiger partial charge in [-0.25, -0.2) is 0 Å². The third-order valence-electron chi connectivity index (χ3n) is 3.71. The monoisotopic (exact) mass is 335 g/mol. The molecular weight excluding hydrogens is 314 g/mol. The minimum absolute atomic E-state index is 0.455. The van der Waals surface area contributed by atoms with E-state index >= 15 is 0 Å². The lowest BCUT2D eigenvalue weighted by Crippen LogP contribution is -2.21. The molecule has 0 saturated carbocycles. The number of hydrogen-bond acceptors (Lipinski definition) is 4. The summed E-state index contributed by atoms with van der Waals surface area (Å²) in [6.07, 6.45) is -0.549. The molecule has 0 aliphatic heterocycles. The Hall–Kier alpha value is -1.75. The van der Waals surface area contributed by atoms with Gasteiger partial charge in [0.05, 0.1) is 25.3 Å². The lowest BCUT2D eigenvalue weighted by Gasteiger charge is -2.15. The van der Waals surface area contributed by atoms with Gasteiger partial charge in [0.2, 0.25) is 0 Å². The van der Waals surface area contributed by atoms with Crippen molar-refractivity contribution in [1.29, 1.82) is 0 Å². The van der Waals surface area contributed by atoms with E-state index in [1.807, 2.05) is 43.3 Å². The normalized spacial score (nSPS) is 12.0. The van der Waals surface area contributed by atoms with Crippen molar-refractivity contribution in [3.05, 3.63) is 58.1 Å². The van der Waals surface area contributed by atoms with Crippen LogP contribution in [0.3, 0.4) is 0 Å². The van der Waals surface area contributed by atoms with Crippen molar-refractivity contribution in [2.75, 3.05) is 20.8 Å². The van der Waals surface area contributed by atoms with Crippen molar-refractivity contribution >= 4 is 11.6 Å². The van der Waals surface area contributed by atoms with Gasteiger partial charge in [-0.2, -0.15) is 0 Å². The number of aliphatic hydroxyl groups excluding tert-OH is 1. The molecule has 4 nitrogen and oxygen atoms in total. The first-order valence-electron chi connectivity index (χ1n) is 7.41. The Morgan fingerprint density at radius 3 is 2.57 bits per heavy atom. The minimum Gasteiger partial charge on any atom is -0.493 e. The fraction of sp³-hybridized carbons (Fsp3) is 0.333. The first-order chi connectivity index (χ1) is 11.1. The standard InChI is InChI=1S/C18H22ClNO3/c1-12-6-4-5-7-14(12)16(21)11-20-10-13-8-15(19)18(23-3)17(9-13)22-2/h4-9,16,20-21H,10-11H2,1-3H3. The number of aryl methyl sites for hydroxylation is 1. The summed E-state index contributed by atoms with van der Waals surface area (Å²) in [7, 11) is 3.13. The maximum Gasteiger partial charge on any atom is 0.179 e. The highest BCUT2D eigenvalue weighted by Crippen LogP contribution is 2.35. The van der Waals surface area contributed by atoms with E-state index in [2.05, 4.69) is 5.32 Å². The van der Waals surface area contributed by atoms with Crippen LogP contribution in [0.5, 0.6) is 11.5 Å². The molecule has 2 aromatic carbocycles. The van der Waals surface area contributed by atoms with E-state index in [1.165, 1.54) is 0 Å². The minimum atomic E-state index is -0.549. The highest BCUT2D eigenvalue weighted by atomic mass is 35.5. The van der Waals surface area contributed by atoms with Crippen molar-refractivity contribution in [3.63, 3.8) is 0 Å². The summed E-state index contributed by atoms with van der Waals surface area (Å²) in [6.45, 7) is 3.02. The highest BCUT2D eigenvalue weighted by molar-refractivity contribution is 6.32. The van der Waals surface area contributed by atoms with Gasteiger partial charge in [0.25, 0.3) is 0 Å². The molecule has 0 heterocycles. The maximum absolute atomic E-state index is 10.3. The van der Waals surface area contributed by atoms with Crippen LogP contribution in [0.2, 0.25) is 5.02 Å². The van der Waals surface area contributed by atoms with Crippen molar-refractivity contribution < 1.29 is 14.6 Å².